The van der Waals surface area contributed by atoms with E-state index in [0.29, 0.717) is 6.42 Å². The molecule has 0 saturated heterocycles. The first-order valence-corrected chi connectivity index (χ1v) is 16.8. The number of ether oxygens (including phenoxy) is 1. The first kappa shape index (κ1) is 27.7. The molecule has 0 bridgehead atoms. The largest absolute Gasteiger partial charge is 0.485 e. The Kier molecular flexibility index (Phi) is 6.10. The van der Waals surface area contributed by atoms with E-state index in [9.17, 15) is 5.26 Å². The Morgan fingerprint density at radius 3 is 1.76 bits per heavy atom. The minimum atomic E-state index is -0.132. The average Bonchev–Trinajstić information content (AvgIpc) is 3.17. The fraction of sp³-hybridized carbons (Fsp3) is 0.0426. The second kappa shape index (κ2) is 10.8. The molecule has 0 aromatic heterocycles. The highest BCUT2D eigenvalue weighted by atomic mass is 16.5. The van der Waals surface area contributed by atoms with Crippen molar-refractivity contribution in [1.29, 1.82) is 5.26 Å². The molecule has 8 aromatic rings. The van der Waals surface area contributed by atoms with Crippen molar-refractivity contribution in [2.75, 3.05) is 0 Å². The Morgan fingerprint density at radius 1 is 0.469 bits per heavy atom. The van der Waals surface area contributed by atoms with Crippen molar-refractivity contribution in [1.82, 2.24) is 0 Å². The summed E-state index contributed by atoms with van der Waals surface area (Å²) in [5, 5.41) is 19.4. The molecule has 0 spiro atoms. The zero-order chi connectivity index (χ0) is 32.5. The van der Waals surface area contributed by atoms with E-state index in [4.69, 9.17) is 4.74 Å². The molecule has 2 heteroatoms. The highest BCUT2D eigenvalue weighted by Crippen LogP contribution is 2.47. The number of allylic oxidation sites excluding steroid dienone is 2. The van der Waals surface area contributed by atoms with Crippen molar-refractivity contribution in [2.24, 2.45) is 0 Å². The maximum atomic E-state index is 9.50. The van der Waals surface area contributed by atoms with Crippen LogP contribution >= 0.6 is 0 Å². The molecule has 1 unspecified atom stereocenters. The topological polar surface area (TPSA) is 33.0 Å². The van der Waals surface area contributed by atoms with Gasteiger partial charge in [0.05, 0.1) is 6.07 Å². The van der Waals surface area contributed by atoms with Crippen LogP contribution in [-0.4, -0.2) is 6.10 Å². The van der Waals surface area contributed by atoms with Crippen LogP contribution in [0.1, 0.15) is 12.0 Å². The number of hydrogen-bond acceptors (Lipinski definition) is 2. The molecule has 2 nitrogen and oxygen atoms in total. The molecule has 0 saturated carbocycles. The minimum Gasteiger partial charge on any atom is -0.485 e. The van der Waals surface area contributed by atoms with Gasteiger partial charge >= 0.3 is 0 Å². The highest BCUT2D eigenvalue weighted by Gasteiger charge is 2.30. The molecule has 0 fully saturated rings. The predicted molar refractivity (Wildman–Crippen MR) is 203 cm³/mol. The summed E-state index contributed by atoms with van der Waals surface area (Å²) < 4.78 is 6.52. The maximum absolute atomic E-state index is 9.50. The molecule has 1 aliphatic carbocycles. The van der Waals surface area contributed by atoms with E-state index in [1.807, 2.05) is 6.08 Å². The summed E-state index contributed by atoms with van der Waals surface area (Å²) in [4.78, 5) is 0. The maximum Gasteiger partial charge on any atom is 0.129 e. The van der Waals surface area contributed by atoms with Crippen molar-refractivity contribution in [2.45, 2.75) is 12.5 Å². The number of fused-ring (bicyclic) bond motifs is 7. The molecule has 228 valence electrons. The third-order valence-electron chi connectivity index (χ3n) is 10.4. The lowest BCUT2D eigenvalue weighted by atomic mass is 9.83. The number of rotatable bonds is 3. The van der Waals surface area contributed by atoms with Crippen molar-refractivity contribution in [3.8, 4) is 45.2 Å². The lowest BCUT2D eigenvalue weighted by molar-refractivity contribution is 0.258. The Labute approximate surface area is 284 Å². The fourth-order valence-corrected chi connectivity index (χ4v) is 8.14. The number of nitrogens with zero attached hydrogens (tertiary/aromatic N) is 1. The molecule has 1 heterocycles. The summed E-state index contributed by atoms with van der Waals surface area (Å²) in [7, 11) is 0. The van der Waals surface area contributed by atoms with Crippen LogP contribution in [0.25, 0.3) is 82.0 Å². The van der Waals surface area contributed by atoms with E-state index in [1.54, 1.807) is 0 Å². The van der Waals surface area contributed by atoms with Gasteiger partial charge in [-0.3, -0.25) is 0 Å². The zero-order valence-electron chi connectivity index (χ0n) is 26.7. The molecular formula is C47H29NO. The molecule has 1 atom stereocenters. The first-order valence-electron chi connectivity index (χ1n) is 16.8. The van der Waals surface area contributed by atoms with Crippen molar-refractivity contribution >= 4 is 48.7 Å². The first-order chi connectivity index (χ1) is 24.2. The number of hydrogen-bond donors (Lipinski definition) is 0. The third-order valence-corrected chi connectivity index (χ3v) is 10.4. The lowest BCUT2D eigenvalue weighted by Crippen LogP contribution is -2.24. The third kappa shape index (κ3) is 4.26. The molecule has 49 heavy (non-hydrogen) atoms. The molecule has 0 N–H and O–H groups in total. The number of benzene rings is 8. The van der Waals surface area contributed by atoms with Crippen LogP contribution in [0.3, 0.4) is 0 Å². The van der Waals surface area contributed by atoms with Crippen LogP contribution in [0.5, 0.6) is 5.75 Å². The zero-order valence-corrected chi connectivity index (χ0v) is 26.7. The van der Waals surface area contributed by atoms with Crippen LogP contribution in [0.2, 0.25) is 0 Å². The van der Waals surface area contributed by atoms with Gasteiger partial charge in [0.1, 0.15) is 11.9 Å². The van der Waals surface area contributed by atoms with E-state index < -0.39 is 0 Å². The lowest BCUT2D eigenvalue weighted by Gasteiger charge is -2.31. The van der Waals surface area contributed by atoms with Crippen LogP contribution in [0.15, 0.2) is 163 Å². The van der Waals surface area contributed by atoms with Crippen LogP contribution in [0.4, 0.5) is 0 Å². The quantitative estimate of drug-likeness (QED) is 0.183. The van der Waals surface area contributed by atoms with Gasteiger partial charge < -0.3 is 4.74 Å². The van der Waals surface area contributed by atoms with Gasteiger partial charge in [-0.1, -0.05) is 127 Å². The molecule has 2 aliphatic rings. The Morgan fingerprint density at radius 2 is 1.04 bits per heavy atom. The SMILES string of the molecule is N#CC1=CC=C2c3ccc(-c4cccc(-c5cc6c7ccccc7c(-c7ccccc7)cc6c6ccccc56)c4)c4cccc(c34)OC2C1. The molecule has 1 aliphatic heterocycles. The summed E-state index contributed by atoms with van der Waals surface area (Å²) >= 11 is 0. The van der Waals surface area contributed by atoms with Gasteiger partial charge in [0.25, 0.3) is 0 Å². The van der Waals surface area contributed by atoms with E-state index >= 15 is 0 Å². The van der Waals surface area contributed by atoms with E-state index in [1.165, 1.54) is 76.6 Å². The summed E-state index contributed by atoms with van der Waals surface area (Å²) in [6.45, 7) is 0. The molecule has 8 aromatic carbocycles. The second-order valence-corrected chi connectivity index (χ2v) is 13.1. The fourth-order valence-electron chi connectivity index (χ4n) is 8.14. The van der Waals surface area contributed by atoms with Gasteiger partial charge in [0.15, 0.2) is 0 Å². The summed E-state index contributed by atoms with van der Waals surface area (Å²) in [6, 6.07) is 55.3. The van der Waals surface area contributed by atoms with Crippen LogP contribution in [0, 0.1) is 11.3 Å². The number of nitriles is 1. The van der Waals surface area contributed by atoms with Crippen LogP contribution < -0.4 is 4.74 Å². The van der Waals surface area contributed by atoms with Gasteiger partial charge in [-0.25, -0.2) is 0 Å². The summed E-state index contributed by atoms with van der Waals surface area (Å²) in [5.74, 6) is 0.883. The molecule has 0 amide bonds. The molecular weight excluding hydrogens is 595 g/mol. The molecule has 10 rings (SSSR count). The second-order valence-electron chi connectivity index (χ2n) is 13.1. The summed E-state index contributed by atoms with van der Waals surface area (Å²) in [5.41, 5.74) is 10.3. The van der Waals surface area contributed by atoms with Gasteiger partial charge in [-0.05, 0) is 107 Å². The Balaban J connectivity index is 1.18. The van der Waals surface area contributed by atoms with Gasteiger partial charge in [0.2, 0.25) is 0 Å². The van der Waals surface area contributed by atoms with E-state index in [0.717, 1.165) is 22.3 Å². The van der Waals surface area contributed by atoms with Crippen molar-refractivity contribution in [3.05, 3.63) is 169 Å². The van der Waals surface area contributed by atoms with Gasteiger partial charge in [-0.2, -0.15) is 5.26 Å². The van der Waals surface area contributed by atoms with Crippen molar-refractivity contribution in [3.63, 3.8) is 0 Å². The van der Waals surface area contributed by atoms with Gasteiger partial charge in [0, 0.05) is 23.0 Å². The smallest absolute Gasteiger partial charge is 0.129 e. The Hall–Kier alpha value is -6.43. The summed E-state index contributed by atoms with van der Waals surface area (Å²) in [6.07, 6.45) is 4.47. The minimum absolute atomic E-state index is 0.132. The monoisotopic (exact) mass is 623 g/mol. The highest BCUT2D eigenvalue weighted by molar-refractivity contribution is 6.24. The molecule has 0 radical (unpaired) electrons. The van der Waals surface area contributed by atoms with E-state index in [-0.39, 0.29) is 6.10 Å². The standard InChI is InChI=1S/C47H29NO/c48-28-29-20-21-38-40-23-22-33(39-18-9-19-45(47(39)40)49-46(38)24-29)31-12-8-13-32(25-31)42-27-44-36-16-6-4-14-34(36)41(30-10-2-1-3-11-30)26-43(44)37-17-7-5-15-35(37)42/h1-23,25-27,46H,24H2. The van der Waals surface area contributed by atoms with Gasteiger partial charge in [-0.15, -0.1) is 0 Å². The van der Waals surface area contributed by atoms with Crippen molar-refractivity contribution < 1.29 is 4.74 Å². The predicted octanol–water partition coefficient (Wildman–Crippen LogP) is 12.3. The van der Waals surface area contributed by atoms with Crippen LogP contribution in [-0.2, 0) is 0 Å². The average molecular weight is 624 g/mol. The van der Waals surface area contributed by atoms with E-state index in [2.05, 4.69) is 158 Å². The Bertz CT molecular complexity index is 2780. The normalized spacial score (nSPS) is 15.0.